The van der Waals surface area contributed by atoms with Crippen LogP contribution in [0.15, 0.2) is 35.7 Å². The monoisotopic (exact) mass is 383 g/mol. The van der Waals surface area contributed by atoms with Crippen LogP contribution < -0.4 is 10.2 Å². The Morgan fingerprint density at radius 2 is 2.32 bits per heavy atom. The standard InChI is InChI=1S/C18H20ClFN2O2S/c19-13-5-6-17(16(20)9-13)21-18(23)12-22(10-14-3-1-7-24-14)11-15-4-2-8-25-15/h2,4-6,8-9,14H,1,3,7,10-12H2,(H,21,23)/p+1/t14-/m1/s1. The summed E-state index contributed by atoms with van der Waals surface area (Å²) in [7, 11) is 0. The topological polar surface area (TPSA) is 42.8 Å². The van der Waals surface area contributed by atoms with Gasteiger partial charge in [-0.2, -0.15) is 0 Å². The molecule has 1 amide bonds. The molecule has 4 nitrogen and oxygen atoms in total. The normalized spacial score (nSPS) is 18.2. The maximum absolute atomic E-state index is 13.9. The van der Waals surface area contributed by atoms with E-state index in [0.717, 1.165) is 37.4 Å². The Hall–Kier alpha value is -1.47. The third-order valence-corrected chi connectivity index (χ3v) is 5.27. The van der Waals surface area contributed by atoms with Crippen molar-refractivity contribution in [2.75, 3.05) is 25.0 Å². The molecule has 1 aromatic carbocycles. The maximum Gasteiger partial charge on any atom is 0.279 e. The molecule has 25 heavy (non-hydrogen) atoms. The predicted octanol–water partition coefficient (Wildman–Crippen LogP) is 2.74. The van der Waals surface area contributed by atoms with E-state index in [2.05, 4.69) is 11.4 Å². The largest absolute Gasteiger partial charge is 0.372 e. The SMILES string of the molecule is O=C(C[NH+](Cc1cccs1)C[C@H]1CCCO1)Nc1ccc(Cl)cc1F. The number of hydrogen-bond donors (Lipinski definition) is 2. The maximum atomic E-state index is 13.9. The van der Waals surface area contributed by atoms with Crippen molar-refractivity contribution in [3.8, 4) is 0 Å². The number of carbonyl (C=O) groups is 1. The smallest absolute Gasteiger partial charge is 0.279 e. The summed E-state index contributed by atoms with van der Waals surface area (Å²) < 4.78 is 19.6. The predicted molar refractivity (Wildman–Crippen MR) is 97.7 cm³/mol. The molecule has 1 aliphatic rings. The van der Waals surface area contributed by atoms with E-state index in [4.69, 9.17) is 16.3 Å². The van der Waals surface area contributed by atoms with E-state index < -0.39 is 5.82 Å². The molecule has 2 aromatic rings. The van der Waals surface area contributed by atoms with Crippen molar-refractivity contribution in [3.05, 3.63) is 51.4 Å². The third kappa shape index (κ3) is 5.51. The van der Waals surface area contributed by atoms with E-state index in [-0.39, 0.29) is 24.2 Å². The first-order valence-electron chi connectivity index (χ1n) is 8.32. The van der Waals surface area contributed by atoms with Gasteiger partial charge in [-0.1, -0.05) is 17.7 Å². The van der Waals surface area contributed by atoms with Gasteiger partial charge in [-0.15, -0.1) is 11.3 Å². The number of thiophene rings is 1. The molecule has 0 aliphatic carbocycles. The molecular weight excluding hydrogens is 363 g/mol. The van der Waals surface area contributed by atoms with Crippen molar-refractivity contribution in [1.29, 1.82) is 0 Å². The number of halogens is 2. The fourth-order valence-corrected chi connectivity index (χ4v) is 3.94. The Morgan fingerprint density at radius 3 is 3.00 bits per heavy atom. The summed E-state index contributed by atoms with van der Waals surface area (Å²) in [6, 6.07) is 8.31. The van der Waals surface area contributed by atoms with Crippen molar-refractivity contribution in [2.45, 2.75) is 25.5 Å². The minimum Gasteiger partial charge on any atom is -0.372 e. The number of benzene rings is 1. The Morgan fingerprint density at radius 1 is 1.44 bits per heavy atom. The number of quaternary nitrogens is 1. The van der Waals surface area contributed by atoms with E-state index in [9.17, 15) is 9.18 Å². The molecule has 7 heteroatoms. The van der Waals surface area contributed by atoms with Gasteiger partial charge in [-0.05, 0) is 42.5 Å². The van der Waals surface area contributed by atoms with Crippen molar-refractivity contribution in [3.63, 3.8) is 0 Å². The molecule has 0 spiro atoms. The van der Waals surface area contributed by atoms with Crippen molar-refractivity contribution < 1.29 is 18.8 Å². The minimum absolute atomic E-state index is 0.155. The van der Waals surface area contributed by atoms with Gasteiger partial charge in [0.25, 0.3) is 5.91 Å². The number of amides is 1. The van der Waals surface area contributed by atoms with Gasteiger partial charge in [-0.3, -0.25) is 4.79 Å². The summed E-state index contributed by atoms with van der Waals surface area (Å²) in [6.07, 6.45) is 2.29. The van der Waals surface area contributed by atoms with Crippen LogP contribution in [0.4, 0.5) is 10.1 Å². The van der Waals surface area contributed by atoms with Crippen LogP contribution in [0.1, 0.15) is 17.7 Å². The second-order valence-electron chi connectivity index (χ2n) is 6.19. The molecule has 0 saturated carbocycles. The van der Waals surface area contributed by atoms with Crippen LogP contribution in [0.2, 0.25) is 5.02 Å². The number of hydrogen-bond acceptors (Lipinski definition) is 3. The van der Waals surface area contributed by atoms with Gasteiger partial charge in [0.1, 0.15) is 25.0 Å². The summed E-state index contributed by atoms with van der Waals surface area (Å²) in [5.41, 5.74) is 0.155. The zero-order chi connectivity index (χ0) is 17.6. The molecule has 2 heterocycles. The highest BCUT2D eigenvalue weighted by molar-refractivity contribution is 7.09. The number of carbonyl (C=O) groups excluding carboxylic acids is 1. The number of anilines is 1. The molecule has 1 saturated heterocycles. The molecular formula is C18H21ClFN2O2S+. The Bertz CT molecular complexity index is 705. The summed E-state index contributed by atoms with van der Waals surface area (Å²) in [6.45, 7) is 2.58. The van der Waals surface area contributed by atoms with E-state index in [1.54, 1.807) is 17.4 Å². The number of ether oxygens (including phenoxy) is 1. The first-order chi connectivity index (χ1) is 12.1. The quantitative estimate of drug-likeness (QED) is 0.772. The van der Waals surface area contributed by atoms with Gasteiger partial charge < -0.3 is 15.0 Å². The summed E-state index contributed by atoms with van der Waals surface area (Å²) >= 11 is 7.42. The third-order valence-electron chi connectivity index (χ3n) is 4.16. The van der Waals surface area contributed by atoms with Crippen LogP contribution >= 0.6 is 22.9 Å². The Balaban J connectivity index is 1.62. The fraction of sp³-hybridized carbons (Fsp3) is 0.389. The summed E-state index contributed by atoms with van der Waals surface area (Å²) in [4.78, 5) is 14.7. The molecule has 1 aromatic heterocycles. The van der Waals surface area contributed by atoms with Gasteiger partial charge in [0.05, 0.1) is 10.6 Å². The fourth-order valence-electron chi connectivity index (χ4n) is 3.01. The van der Waals surface area contributed by atoms with E-state index in [1.165, 1.54) is 17.0 Å². The van der Waals surface area contributed by atoms with Gasteiger partial charge in [0.15, 0.2) is 6.54 Å². The van der Waals surface area contributed by atoms with Gasteiger partial charge >= 0.3 is 0 Å². The van der Waals surface area contributed by atoms with Gasteiger partial charge in [-0.25, -0.2) is 4.39 Å². The summed E-state index contributed by atoms with van der Waals surface area (Å²) in [5.74, 6) is -0.745. The molecule has 0 bridgehead atoms. The van der Waals surface area contributed by atoms with Gasteiger partial charge in [0.2, 0.25) is 0 Å². The van der Waals surface area contributed by atoms with Gasteiger partial charge in [0, 0.05) is 11.6 Å². The van der Waals surface area contributed by atoms with Crippen LogP contribution in [0.5, 0.6) is 0 Å². The van der Waals surface area contributed by atoms with Crippen molar-refractivity contribution in [2.24, 2.45) is 0 Å². The molecule has 1 fully saturated rings. The first kappa shape index (κ1) is 18.3. The molecule has 0 radical (unpaired) electrons. The zero-order valence-corrected chi connectivity index (χ0v) is 15.3. The van der Waals surface area contributed by atoms with Crippen LogP contribution in [-0.2, 0) is 16.1 Å². The van der Waals surface area contributed by atoms with Crippen molar-refractivity contribution >= 4 is 34.5 Å². The lowest BCUT2D eigenvalue weighted by Crippen LogP contribution is -3.12. The molecule has 3 rings (SSSR count). The number of rotatable bonds is 7. The van der Waals surface area contributed by atoms with Crippen LogP contribution in [0, 0.1) is 5.82 Å². The van der Waals surface area contributed by atoms with Crippen molar-refractivity contribution in [1.82, 2.24) is 0 Å². The summed E-state index contributed by atoms with van der Waals surface area (Å²) in [5, 5.41) is 4.98. The lowest BCUT2D eigenvalue weighted by atomic mass is 10.2. The molecule has 134 valence electrons. The molecule has 2 N–H and O–H groups in total. The highest BCUT2D eigenvalue weighted by atomic mass is 35.5. The van der Waals surface area contributed by atoms with Crippen LogP contribution in [0.3, 0.4) is 0 Å². The molecule has 2 atom stereocenters. The number of nitrogens with one attached hydrogen (secondary N) is 2. The second kappa shape index (κ2) is 8.76. The minimum atomic E-state index is -0.528. The Kier molecular flexibility index (Phi) is 6.42. The Labute approximate surface area is 155 Å². The van der Waals surface area contributed by atoms with Crippen LogP contribution in [0.25, 0.3) is 0 Å². The van der Waals surface area contributed by atoms with E-state index in [1.807, 2.05) is 11.4 Å². The van der Waals surface area contributed by atoms with E-state index in [0.29, 0.717) is 5.02 Å². The van der Waals surface area contributed by atoms with E-state index >= 15 is 0 Å². The zero-order valence-electron chi connectivity index (χ0n) is 13.8. The molecule has 1 unspecified atom stereocenters. The molecule has 1 aliphatic heterocycles. The lowest BCUT2D eigenvalue weighted by Gasteiger charge is -2.21. The van der Waals surface area contributed by atoms with Crippen LogP contribution in [-0.4, -0.2) is 31.7 Å². The first-order valence-corrected chi connectivity index (χ1v) is 9.58. The average molecular weight is 384 g/mol. The average Bonchev–Trinajstić information content (AvgIpc) is 3.24. The second-order valence-corrected chi connectivity index (χ2v) is 7.66. The highest BCUT2D eigenvalue weighted by Crippen LogP contribution is 2.18. The lowest BCUT2D eigenvalue weighted by molar-refractivity contribution is -0.908. The highest BCUT2D eigenvalue weighted by Gasteiger charge is 2.24.